The highest BCUT2D eigenvalue weighted by atomic mass is 19.4. The number of nitrogens with zero attached hydrogens (tertiary/aromatic N) is 2. The number of rotatable bonds is 4. The molecular formula is C23H19F3N2O4. The number of ketones is 1. The molecule has 1 aliphatic rings. The number of ether oxygens (including phenoxy) is 1. The van der Waals surface area contributed by atoms with Crippen LogP contribution in [-0.4, -0.2) is 42.1 Å². The third kappa shape index (κ3) is 3.86. The molecule has 0 fully saturated rings. The lowest BCUT2D eigenvalue weighted by Crippen LogP contribution is -2.37. The van der Waals surface area contributed by atoms with Crippen molar-refractivity contribution in [1.82, 2.24) is 4.57 Å². The van der Waals surface area contributed by atoms with E-state index in [-0.39, 0.29) is 28.9 Å². The number of fused-ring (bicyclic) bond motifs is 2. The Morgan fingerprint density at radius 3 is 2.56 bits per heavy atom. The summed E-state index contributed by atoms with van der Waals surface area (Å²) in [4.78, 5) is 38.6. The standard InChI is InChI=1S/C23H19F3N2O4/c1-32-22(31)15-8-9-16-17(21(30)23(24,25)26)12-27(19(16)11-15)13-20(29)28-10-4-6-14-5-2-3-7-18(14)28/h2-3,5,7-9,11-12H,4,6,10,13H2,1H3. The molecule has 1 amide bonds. The highest BCUT2D eigenvalue weighted by Crippen LogP contribution is 2.31. The zero-order valence-electron chi connectivity index (χ0n) is 17.1. The number of methoxy groups -OCH3 is 1. The number of hydrogen-bond donors (Lipinski definition) is 0. The van der Waals surface area contributed by atoms with Crippen molar-refractivity contribution in [2.75, 3.05) is 18.6 Å². The van der Waals surface area contributed by atoms with E-state index in [9.17, 15) is 27.6 Å². The fourth-order valence-corrected chi connectivity index (χ4v) is 4.02. The molecule has 2 heterocycles. The summed E-state index contributed by atoms with van der Waals surface area (Å²) in [6.45, 7) is 0.192. The van der Waals surface area contributed by atoms with E-state index in [1.165, 1.54) is 29.9 Å². The molecule has 0 saturated heterocycles. The van der Waals surface area contributed by atoms with Crippen molar-refractivity contribution in [3.8, 4) is 0 Å². The van der Waals surface area contributed by atoms with Crippen LogP contribution in [0.1, 0.15) is 32.7 Å². The van der Waals surface area contributed by atoms with Crippen LogP contribution in [0.15, 0.2) is 48.7 Å². The van der Waals surface area contributed by atoms with Gasteiger partial charge in [-0.2, -0.15) is 13.2 Å². The van der Waals surface area contributed by atoms with Crippen molar-refractivity contribution in [1.29, 1.82) is 0 Å². The number of amides is 1. The summed E-state index contributed by atoms with van der Waals surface area (Å²) in [5.41, 5.74) is 1.48. The largest absolute Gasteiger partial charge is 0.465 e. The molecule has 3 aromatic rings. The highest BCUT2D eigenvalue weighted by molar-refractivity contribution is 6.12. The van der Waals surface area contributed by atoms with Gasteiger partial charge in [-0.15, -0.1) is 0 Å². The molecule has 9 heteroatoms. The van der Waals surface area contributed by atoms with Gasteiger partial charge in [-0.25, -0.2) is 4.79 Å². The van der Waals surface area contributed by atoms with E-state index >= 15 is 0 Å². The van der Waals surface area contributed by atoms with Crippen molar-refractivity contribution in [3.05, 3.63) is 65.4 Å². The van der Waals surface area contributed by atoms with Crippen molar-refractivity contribution in [2.24, 2.45) is 0 Å². The van der Waals surface area contributed by atoms with Crippen LogP contribution in [0.3, 0.4) is 0 Å². The van der Waals surface area contributed by atoms with Crippen LogP contribution in [0.5, 0.6) is 0 Å². The first-order chi connectivity index (χ1) is 15.2. The number of alkyl halides is 3. The van der Waals surface area contributed by atoms with E-state index in [2.05, 4.69) is 4.74 Å². The maximum Gasteiger partial charge on any atom is 0.454 e. The second-order valence-electron chi connectivity index (χ2n) is 7.50. The molecular weight excluding hydrogens is 425 g/mol. The predicted molar refractivity (Wildman–Crippen MR) is 111 cm³/mol. The molecule has 0 radical (unpaired) electrons. The fraction of sp³-hybridized carbons (Fsp3) is 0.261. The Kier molecular flexibility index (Phi) is 5.50. The number of para-hydroxylation sites is 1. The minimum absolute atomic E-state index is 0.00632. The maximum atomic E-state index is 13.1. The lowest BCUT2D eigenvalue weighted by atomic mass is 10.0. The van der Waals surface area contributed by atoms with E-state index in [1.807, 2.05) is 24.3 Å². The Morgan fingerprint density at radius 1 is 1.09 bits per heavy atom. The molecule has 0 N–H and O–H groups in total. The average Bonchev–Trinajstić information content (AvgIpc) is 3.14. The number of aromatic nitrogens is 1. The number of benzene rings is 2. The van der Waals surface area contributed by atoms with Crippen LogP contribution in [0.4, 0.5) is 18.9 Å². The minimum atomic E-state index is -5.07. The lowest BCUT2D eigenvalue weighted by Gasteiger charge is -2.29. The predicted octanol–water partition coefficient (Wildman–Crippen LogP) is 4.15. The van der Waals surface area contributed by atoms with Gasteiger partial charge in [-0.3, -0.25) is 9.59 Å². The van der Waals surface area contributed by atoms with E-state index in [1.54, 1.807) is 4.90 Å². The number of carbonyl (C=O) groups excluding carboxylic acids is 3. The summed E-state index contributed by atoms with van der Waals surface area (Å²) in [5.74, 6) is -3.02. The summed E-state index contributed by atoms with van der Waals surface area (Å²) in [6, 6.07) is 11.3. The van der Waals surface area contributed by atoms with E-state index in [0.29, 0.717) is 6.54 Å². The van der Waals surface area contributed by atoms with Crippen LogP contribution in [0.25, 0.3) is 10.9 Å². The van der Waals surface area contributed by atoms with Gasteiger partial charge < -0.3 is 14.2 Å². The zero-order chi connectivity index (χ0) is 23.0. The molecule has 0 atom stereocenters. The first-order valence-corrected chi connectivity index (χ1v) is 9.91. The molecule has 1 aromatic heterocycles. The van der Waals surface area contributed by atoms with Crippen LogP contribution >= 0.6 is 0 Å². The van der Waals surface area contributed by atoms with E-state index < -0.39 is 23.5 Å². The Labute approximate surface area is 181 Å². The van der Waals surface area contributed by atoms with Gasteiger partial charge in [-0.1, -0.05) is 24.3 Å². The van der Waals surface area contributed by atoms with Crippen LogP contribution in [0.2, 0.25) is 0 Å². The SMILES string of the molecule is COC(=O)c1ccc2c(C(=O)C(F)(F)F)cn(CC(=O)N3CCCc4ccccc43)c2c1. The summed E-state index contributed by atoms with van der Waals surface area (Å²) in [5, 5.41) is 0.00632. The van der Waals surface area contributed by atoms with Gasteiger partial charge in [0.2, 0.25) is 5.91 Å². The Balaban J connectivity index is 1.77. The van der Waals surface area contributed by atoms with Gasteiger partial charge in [0.25, 0.3) is 5.78 Å². The van der Waals surface area contributed by atoms with Gasteiger partial charge >= 0.3 is 12.1 Å². The molecule has 166 valence electrons. The van der Waals surface area contributed by atoms with Gasteiger partial charge in [0.05, 0.1) is 23.8 Å². The van der Waals surface area contributed by atoms with Crippen molar-refractivity contribution in [2.45, 2.75) is 25.6 Å². The molecule has 32 heavy (non-hydrogen) atoms. The number of halogens is 3. The third-order valence-electron chi connectivity index (χ3n) is 5.52. The van der Waals surface area contributed by atoms with Crippen molar-refractivity contribution >= 4 is 34.3 Å². The van der Waals surface area contributed by atoms with Crippen molar-refractivity contribution < 1.29 is 32.3 Å². The summed E-state index contributed by atoms with van der Waals surface area (Å²) in [7, 11) is 1.18. The monoisotopic (exact) mass is 444 g/mol. The van der Waals surface area contributed by atoms with Crippen molar-refractivity contribution in [3.63, 3.8) is 0 Å². The van der Waals surface area contributed by atoms with Gasteiger partial charge in [0.15, 0.2) is 0 Å². The van der Waals surface area contributed by atoms with Crippen LogP contribution < -0.4 is 4.90 Å². The first kappa shape index (κ1) is 21.6. The molecule has 2 aromatic carbocycles. The number of anilines is 1. The van der Waals surface area contributed by atoms with Gasteiger partial charge in [0.1, 0.15) is 6.54 Å². The Hall–Kier alpha value is -3.62. The van der Waals surface area contributed by atoms with Gasteiger partial charge in [-0.05, 0) is 36.6 Å². The highest BCUT2D eigenvalue weighted by Gasteiger charge is 2.41. The second kappa shape index (κ2) is 8.14. The smallest absolute Gasteiger partial charge is 0.454 e. The van der Waals surface area contributed by atoms with E-state index in [4.69, 9.17) is 0 Å². The third-order valence-corrected chi connectivity index (χ3v) is 5.52. The van der Waals surface area contributed by atoms with E-state index in [0.717, 1.165) is 30.3 Å². The molecule has 0 unspecified atom stereocenters. The van der Waals surface area contributed by atoms with Gasteiger partial charge in [0, 0.05) is 23.8 Å². The molecule has 4 rings (SSSR count). The molecule has 0 spiro atoms. The van der Waals surface area contributed by atoms with Crippen LogP contribution in [0, 0.1) is 0 Å². The Bertz CT molecular complexity index is 1230. The fourth-order valence-electron chi connectivity index (χ4n) is 4.02. The average molecular weight is 444 g/mol. The maximum absolute atomic E-state index is 13.1. The minimum Gasteiger partial charge on any atom is -0.465 e. The number of aryl methyl sites for hydroxylation is 1. The quantitative estimate of drug-likeness (QED) is 0.448. The molecule has 0 saturated carbocycles. The summed E-state index contributed by atoms with van der Waals surface area (Å²) < 4.78 is 45.4. The molecule has 0 bridgehead atoms. The zero-order valence-corrected chi connectivity index (χ0v) is 17.1. The lowest BCUT2D eigenvalue weighted by molar-refractivity contribution is -0.119. The molecule has 6 nitrogen and oxygen atoms in total. The number of hydrogen-bond acceptors (Lipinski definition) is 4. The summed E-state index contributed by atoms with van der Waals surface area (Å²) >= 11 is 0. The van der Waals surface area contributed by atoms with Crippen LogP contribution in [-0.2, 0) is 22.5 Å². The topological polar surface area (TPSA) is 68.6 Å². The molecule has 1 aliphatic heterocycles. The molecule has 0 aliphatic carbocycles. The number of esters is 1. The Morgan fingerprint density at radius 2 is 1.84 bits per heavy atom. The second-order valence-corrected chi connectivity index (χ2v) is 7.50. The summed E-state index contributed by atoms with van der Waals surface area (Å²) in [6.07, 6.45) is -2.45. The normalized spacial score (nSPS) is 13.7. The first-order valence-electron chi connectivity index (χ1n) is 9.91. The number of carbonyl (C=O) groups is 3. The number of Topliss-reactive ketones (excluding diaryl/α,β-unsaturated/α-hetero) is 1.